The Bertz CT molecular complexity index is 298. The number of aliphatic hydroxyl groups is 1. The standard InChI is InChI=1S/C11H15NO/c1-9-3-2-4-10(7-9)12-6-5-11(13)8-12/h2-4,7,11,13H,5-6,8H2,1H3. The van der Waals surface area contributed by atoms with Crippen LogP contribution in [0.1, 0.15) is 12.0 Å². The van der Waals surface area contributed by atoms with Crippen molar-refractivity contribution >= 4 is 5.69 Å². The molecule has 1 atom stereocenters. The van der Waals surface area contributed by atoms with E-state index in [9.17, 15) is 5.11 Å². The van der Waals surface area contributed by atoms with Crippen LogP contribution in [0.25, 0.3) is 0 Å². The highest BCUT2D eigenvalue weighted by atomic mass is 16.3. The summed E-state index contributed by atoms with van der Waals surface area (Å²) in [4.78, 5) is 2.23. The lowest BCUT2D eigenvalue weighted by Crippen LogP contribution is -2.20. The van der Waals surface area contributed by atoms with Crippen molar-refractivity contribution in [3.05, 3.63) is 29.8 Å². The molecule has 0 aliphatic carbocycles. The topological polar surface area (TPSA) is 23.5 Å². The van der Waals surface area contributed by atoms with Crippen LogP contribution in [-0.4, -0.2) is 24.3 Å². The average Bonchev–Trinajstić information content (AvgIpc) is 2.52. The molecule has 2 heteroatoms. The maximum atomic E-state index is 9.39. The molecule has 1 aliphatic heterocycles. The van der Waals surface area contributed by atoms with Crippen LogP contribution < -0.4 is 4.90 Å². The molecular formula is C11H15NO. The predicted octanol–water partition coefficient (Wildman–Crippen LogP) is 1.57. The van der Waals surface area contributed by atoms with Gasteiger partial charge in [-0.05, 0) is 31.0 Å². The third kappa shape index (κ3) is 1.83. The molecule has 0 bridgehead atoms. The van der Waals surface area contributed by atoms with E-state index in [0.717, 1.165) is 19.5 Å². The first-order chi connectivity index (χ1) is 6.25. The summed E-state index contributed by atoms with van der Waals surface area (Å²) in [6.45, 7) is 3.85. The molecule has 1 saturated heterocycles. The van der Waals surface area contributed by atoms with E-state index >= 15 is 0 Å². The minimum Gasteiger partial charge on any atom is -0.391 e. The molecule has 2 rings (SSSR count). The van der Waals surface area contributed by atoms with Gasteiger partial charge in [-0.25, -0.2) is 0 Å². The van der Waals surface area contributed by atoms with Crippen LogP contribution in [0.3, 0.4) is 0 Å². The molecule has 13 heavy (non-hydrogen) atoms. The lowest BCUT2D eigenvalue weighted by molar-refractivity contribution is 0.198. The van der Waals surface area contributed by atoms with Gasteiger partial charge in [0.05, 0.1) is 6.10 Å². The number of rotatable bonds is 1. The number of anilines is 1. The molecule has 1 fully saturated rings. The van der Waals surface area contributed by atoms with Crippen LogP contribution in [0.2, 0.25) is 0 Å². The fourth-order valence-corrected chi connectivity index (χ4v) is 1.80. The molecule has 70 valence electrons. The highest BCUT2D eigenvalue weighted by Crippen LogP contribution is 2.20. The van der Waals surface area contributed by atoms with Gasteiger partial charge in [-0.3, -0.25) is 0 Å². The van der Waals surface area contributed by atoms with E-state index in [-0.39, 0.29) is 6.10 Å². The number of hydrogen-bond acceptors (Lipinski definition) is 2. The number of β-amino-alcohol motifs (C(OH)–C–C–N with tert-alkyl or cyclic N) is 1. The molecule has 1 aromatic carbocycles. The van der Waals surface area contributed by atoms with E-state index in [0.29, 0.717) is 0 Å². The van der Waals surface area contributed by atoms with Crippen molar-refractivity contribution < 1.29 is 5.11 Å². The van der Waals surface area contributed by atoms with Gasteiger partial charge < -0.3 is 10.0 Å². The minimum absolute atomic E-state index is 0.138. The lowest BCUT2D eigenvalue weighted by Gasteiger charge is -2.17. The molecular weight excluding hydrogens is 162 g/mol. The normalized spacial score (nSPS) is 22.3. The second-order valence-electron chi connectivity index (χ2n) is 3.73. The second kappa shape index (κ2) is 3.38. The Kier molecular flexibility index (Phi) is 2.23. The third-order valence-corrected chi connectivity index (χ3v) is 2.53. The minimum atomic E-state index is -0.138. The van der Waals surface area contributed by atoms with Gasteiger partial charge >= 0.3 is 0 Å². The Balaban J connectivity index is 2.16. The Morgan fingerprint density at radius 1 is 1.46 bits per heavy atom. The molecule has 0 radical (unpaired) electrons. The average molecular weight is 177 g/mol. The number of aryl methyl sites for hydroxylation is 1. The Hall–Kier alpha value is -1.02. The smallest absolute Gasteiger partial charge is 0.0731 e. The van der Waals surface area contributed by atoms with Crippen LogP contribution in [-0.2, 0) is 0 Å². The number of nitrogens with zero attached hydrogens (tertiary/aromatic N) is 1. The maximum absolute atomic E-state index is 9.39. The van der Waals surface area contributed by atoms with Crippen molar-refractivity contribution in [2.24, 2.45) is 0 Å². The van der Waals surface area contributed by atoms with Crippen molar-refractivity contribution in [2.75, 3.05) is 18.0 Å². The molecule has 1 heterocycles. The zero-order valence-electron chi connectivity index (χ0n) is 7.90. The van der Waals surface area contributed by atoms with Gasteiger partial charge in [0.15, 0.2) is 0 Å². The Morgan fingerprint density at radius 2 is 2.31 bits per heavy atom. The largest absolute Gasteiger partial charge is 0.391 e. The lowest BCUT2D eigenvalue weighted by atomic mass is 10.2. The van der Waals surface area contributed by atoms with Crippen molar-refractivity contribution in [3.63, 3.8) is 0 Å². The van der Waals surface area contributed by atoms with Crippen molar-refractivity contribution in [3.8, 4) is 0 Å². The van der Waals surface area contributed by atoms with Gasteiger partial charge in [0, 0.05) is 18.8 Å². The van der Waals surface area contributed by atoms with Crippen molar-refractivity contribution in [1.82, 2.24) is 0 Å². The first kappa shape index (κ1) is 8.57. The van der Waals surface area contributed by atoms with E-state index in [4.69, 9.17) is 0 Å². The van der Waals surface area contributed by atoms with E-state index in [2.05, 4.69) is 36.1 Å². The maximum Gasteiger partial charge on any atom is 0.0731 e. The summed E-state index contributed by atoms with van der Waals surface area (Å²) in [5, 5.41) is 9.39. The van der Waals surface area contributed by atoms with Gasteiger partial charge in [-0.2, -0.15) is 0 Å². The number of aliphatic hydroxyl groups excluding tert-OH is 1. The van der Waals surface area contributed by atoms with Crippen LogP contribution >= 0.6 is 0 Å². The SMILES string of the molecule is Cc1cccc(N2CCC(O)C2)c1. The van der Waals surface area contributed by atoms with Crippen LogP contribution in [0.15, 0.2) is 24.3 Å². The summed E-state index contributed by atoms with van der Waals surface area (Å²) in [6.07, 6.45) is 0.758. The molecule has 1 unspecified atom stereocenters. The summed E-state index contributed by atoms with van der Waals surface area (Å²) in [7, 11) is 0. The van der Waals surface area contributed by atoms with E-state index in [1.807, 2.05) is 0 Å². The van der Waals surface area contributed by atoms with Gasteiger partial charge in [0.25, 0.3) is 0 Å². The van der Waals surface area contributed by atoms with Crippen LogP contribution in [0.5, 0.6) is 0 Å². The molecule has 0 spiro atoms. The van der Waals surface area contributed by atoms with E-state index in [1.54, 1.807) is 0 Å². The highest BCUT2D eigenvalue weighted by Gasteiger charge is 2.19. The zero-order chi connectivity index (χ0) is 9.26. The predicted molar refractivity (Wildman–Crippen MR) is 54.0 cm³/mol. The molecule has 1 aromatic rings. The summed E-state index contributed by atoms with van der Waals surface area (Å²) < 4.78 is 0. The molecule has 1 N–H and O–H groups in total. The van der Waals surface area contributed by atoms with Crippen molar-refractivity contribution in [2.45, 2.75) is 19.4 Å². The summed E-state index contributed by atoms with van der Waals surface area (Å²) >= 11 is 0. The van der Waals surface area contributed by atoms with Crippen LogP contribution in [0.4, 0.5) is 5.69 Å². The monoisotopic (exact) mass is 177 g/mol. The quantitative estimate of drug-likeness (QED) is 0.703. The molecule has 2 nitrogen and oxygen atoms in total. The third-order valence-electron chi connectivity index (χ3n) is 2.53. The number of hydrogen-bond donors (Lipinski definition) is 1. The van der Waals surface area contributed by atoms with Gasteiger partial charge in [0.1, 0.15) is 0 Å². The van der Waals surface area contributed by atoms with Crippen LogP contribution in [0, 0.1) is 6.92 Å². The fourth-order valence-electron chi connectivity index (χ4n) is 1.80. The Labute approximate surface area is 78.8 Å². The summed E-state index contributed by atoms with van der Waals surface area (Å²) in [5.41, 5.74) is 2.51. The molecule has 1 aliphatic rings. The van der Waals surface area contributed by atoms with Gasteiger partial charge in [-0.15, -0.1) is 0 Å². The molecule has 0 saturated carbocycles. The summed E-state index contributed by atoms with van der Waals surface area (Å²) in [6, 6.07) is 8.43. The van der Waals surface area contributed by atoms with E-state index in [1.165, 1.54) is 11.3 Å². The van der Waals surface area contributed by atoms with Crippen molar-refractivity contribution in [1.29, 1.82) is 0 Å². The first-order valence-corrected chi connectivity index (χ1v) is 4.75. The molecule has 0 amide bonds. The zero-order valence-corrected chi connectivity index (χ0v) is 7.90. The Morgan fingerprint density at radius 3 is 2.92 bits per heavy atom. The van der Waals surface area contributed by atoms with E-state index < -0.39 is 0 Å². The highest BCUT2D eigenvalue weighted by molar-refractivity contribution is 5.49. The molecule has 0 aromatic heterocycles. The van der Waals surface area contributed by atoms with Gasteiger partial charge in [0.2, 0.25) is 0 Å². The fraction of sp³-hybridized carbons (Fsp3) is 0.455. The first-order valence-electron chi connectivity index (χ1n) is 4.75. The summed E-state index contributed by atoms with van der Waals surface area (Å²) in [5.74, 6) is 0. The number of benzene rings is 1. The van der Waals surface area contributed by atoms with Gasteiger partial charge in [-0.1, -0.05) is 12.1 Å². The second-order valence-corrected chi connectivity index (χ2v) is 3.73.